The van der Waals surface area contributed by atoms with Crippen LogP contribution in [0.3, 0.4) is 0 Å². The van der Waals surface area contributed by atoms with Crippen LogP contribution in [0.5, 0.6) is 0 Å². The first-order chi connectivity index (χ1) is 26.3. The van der Waals surface area contributed by atoms with Crippen molar-refractivity contribution in [1.82, 2.24) is 29.9 Å². The molecule has 2 aliphatic carbocycles. The Hall–Kier alpha value is -5.74. The Morgan fingerprint density at radius 3 is 2.46 bits per heavy atom. The van der Waals surface area contributed by atoms with Gasteiger partial charge in [0.25, 0.3) is 5.92 Å². The summed E-state index contributed by atoms with van der Waals surface area (Å²) in [7, 11) is -2.23. The zero-order valence-electron chi connectivity index (χ0n) is 29.3. The van der Waals surface area contributed by atoms with E-state index in [4.69, 9.17) is 0 Å². The molecule has 11 nitrogen and oxygen atoms in total. The first kappa shape index (κ1) is 38.5. The molecule has 1 unspecified atom stereocenters. The number of carbonyl (C=O) groups is 1. The molecule has 0 saturated heterocycles. The lowest BCUT2D eigenvalue weighted by molar-refractivity contribution is -0.142. The number of aromatic nitrogens is 5. The van der Waals surface area contributed by atoms with Gasteiger partial charge in [0.15, 0.2) is 11.5 Å². The number of nitrogens with one attached hydrogen (secondary N) is 2. The number of alkyl halides is 5. The van der Waals surface area contributed by atoms with Crippen LogP contribution < -0.4 is 10.0 Å². The minimum Gasteiger partial charge on any atom is -0.395 e. The molecule has 1 amide bonds. The van der Waals surface area contributed by atoms with E-state index in [0.29, 0.717) is 27.2 Å². The summed E-state index contributed by atoms with van der Waals surface area (Å²) in [6.45, 7) is 2.12. The molecule has 1 fully saturated rings. The maximum absolute atomic E-state index is 15.5. The molecular formula is C37H30F7N7O4S. The standard InChI is InChI=1S/C37H30F7N7O4S/c1-18-28-29-33(37(42,43)44)47-51(34(29)36(40,41)30(18)28)17-27(53)46-26(15-19-13-20(38)16-21(39)14-19)31-23(11-10-22(45-31)7-4-5-12-52)24-8-6-9-25-32(24)50(2)48-35(25)49-56(3,54)55/h6,8-11,13-14,16,26,28,30,52H,1,5,12,15,17H2,2-3H3,(H,46,53)(H,48,49)/t26?,28-,30-/m1/s1. The van der Waals surface area contributed by atoms with Crippen molar-refractivity contribution in [2.45, 2.75) is 43.4 Å². The van der Waals surface area contributed by atoms with Crippen molar-refractivity contribution in [3.8, 4) is 23.0 Å². The lowest BCUT2D eigenvalue weighted by Gasteiger charge is -2.23. The number of para-hydroxylation sites is 1. The summed E-state index contributed by atoms with van der Waals surface area (Å²) >= 11 is 0. The highest BCUT2D eigenvalue weighted by atomic mass is 32.2. The molecule has 0 bridgehead atoms. The second kappa shape index (κ2) is 13.8. The van der Waals surface area contributed by atoms with E-state index in [2.05, 4.69) is 43.6 Å². The number of halogens is 7. The molecule has 3 atom stereocenters. The molecule has 3 aromatic heterocycles. The monoisotopic (exact) mass is 801 g/mol. The summed E-state index contributed by atoms with van der Waals surface area (Å²) in [6.07, 6.45) is -4.48. The van der Waals surface area contributed by atoms with Gasteiger partial charge >= 0.3 is 6.18 Å². The molecule has 56 heavy (non-hydrogen) atoms. The van der Waals surface area contributed by atoms with Crippen molar-refractivity contribution in [3.05, 3.63) is 106 Å². The zero-order chi connectivity index (χ0) is 40.5. The number of rotatable bonds is 10. The molecule has 0 radical (unpaired) electrons. The minimum atomic E-state index is -5.12. The molecule has 3 heterocycles. The van der Waals surface area contributed by atoms with Gasteiger partial charge in [-0.1, -0.05) is 30.2 Å². The molecule has 2 aromatic carbocycles. The van der Waals surface area contributed by atoms with Crippen molar-refractivity contribution in [1.29, 1.82) is 0 Å². The second-order valence-corrected chi connectivity index (χ2v) is 15.2. The van der Waals surface area contributed by atoms with Gasteiger partial charge in [-0.25, -0.2) is 22.2 Å². The molecular weight excluding hydrogens is 772 g/mol. The Bertz CT molecular complexity index is 2610. The summed E-state index contributed by atoms with van der Waals surface area (Å²) < 4.78 is 131. The summed E-state index contributed by atoms with van der Waals surface area (Å²) in [5, 5.41) is 20.0. The fraction of sp³-hybridized carbons (Fsp3) is 0.297. The van der Waals surface area contributed by atoms with Gasteiger partial charge in [0.1, 0.15) is 29.6 Å². The number of nitrogens with zero attached hydrogens (tertiary/aromatic N) is 5. The maximum atomic E-state index is 15.5. The van der Waals surface area contributed by atoms with Crippen LogP contribution in [-0.4, -0.2) is 56.8 Å². The summed E-state index contributed by atoms with van der Waals surface area (Å²) in [6, 6.07) is 9.17. The number of fused-ring (bicyclic) bond motifs is 4. The molecule has 19 heteroatoms. The average Bonchev–Trinajstić information content (AvgIpc) is 3.32. The van der Waals surface area contributed by atoms with Crippen molar-refractivity contribution in [2.24, 2.45) is 13.0 Å². The Morgan fingerprint density at radius 1 is 1.09 bits per heavy atom. The number of hydrogen-bond donors (Lipinski definition) is 3. The third-order valence-electron chi connectivity index (χ3n) is 9.43. The van der Waals surface area contributed by atoms with Gasteiger partial charge in [0.05, 0.1) is 36.0 Å². The number of aliphatic hydroxyl groups excluding tert-OH is 1. The number of anilines is 1. The number of pyridine rings is 1. The first-order valence-electron chi connectivity index (χ1n) is 16.8. The number of sulfonamides is 1. The summed E-state index contributed by atoms with van der Waals surface area (Å²) in [5.74, 6) is -4.14. The minimum absolute atomic E-state index is 0.00377. The van der Waals surface area contributed by atoms with Crippen LogP contribution in [-0.2, 0) is 46.9 Å². The normalized spacial score (nSPS) is 17.6. The molecule has 3 N–H and O–H groups in total. The third kappa shape index (κ3) is 7.09. The number of allylic oxidation sites excluding steroid dienone is 1. The molecule has 7 rings (SSSR count). The highest BCUT2D eigenvalue weighted by Crippen LogP contribution is 2.71. The summed E-state index contributed by atoms with van der Waals surface area (Å²) in [4.78, 5) is 18.5. The second-order valence-electron chi connectivity index (χ2n) is 13.5. The highest BCUT2D eigenvalue weighted by Gasteiger charge is 2.71. The van der Waals surface area contributed by atoms with E-state index in [0.717, 1.165) is 18.4 Å². The first-order valence-corrected chi connectivity index (χ1v) is 18.7. The van der Waals surface area contributed by atoms with Gasteiger partial charge in [-0.3, -0.25) is 18.9 Å². The van der Waals surface area contributed by atoms with E-state index >= 15 is 8.78 Å². The number of benzene rings is 2. The largest absolute Gasteiger partial charge is 0.435 e. The van der Waals surface area contributed by atoms with Crippen LogP contribution in [0.15, 0.2) is 60.7 Å². The van der Waals surface area contributed by atoms with Crippen LogP contribution in [0, 0.1) is 29.4 Å². The van der Waals surface area contributed by atoms with E-state index in [1.807, 2.05) is 0 Å². The van der Waals surface area contributed by atoms with E-state index in [-0.39, 0.29) is 53.4 Å². The van der Waals surface area contributed by atoms with Gasteiger partial charge in [-0.05, 0) is 48.2 Å². The average molecular weight is 802 g/mol. The van der Waals surface area contributed by atoms with Crippen LogP contribution >= 0.6 is 0 Å². The molecule has 1 saturated carbocycles. The van der Waals surface area contributed by atoms with Crippen molar-refractivity contribution >= 4 is 32.7 Å². The Labute approximate surface area is 314 Å². The smallest absolute Gasteiger partial charge is 0.395 e. The van der Waals surface area contributed by atoms with Crippen LogP contribution in [0.4, 0.5) is 36.6 Å². The lowest BCUT2D eigenvalue weighted by atomic mass is 9.93. The van der Waals surface area contributed by atoms with Gasteiger partial charge < -0.3 is 10.4 Å². The van der Waals surface area contributed by atoms with E-state index in [1.54, 1.807) is 31.3 Å². The number of hydrogen-bond acceptors (Lipinski definition) is 7. The van der Waals surface area contributed by atoms with Crippen LogP contribution in [0.25, 0.3) is 22.0 Å². The molecule has 292 valence electrons. The Balaban J connectivity index is 1.36. The van der Waals surface area contributed by atoms with E-state index in [9.17, 15) is 40.3 Å². The van der Waals surface area contributed by atoms with Gasteiger partial charge in [-0.15, -0.1) is 0 Å². The Kier molecular flexibility index (Phi) is 9.48. The molecule has 0 spiro atoms. The van der Waals surface area contributed by atoms with E-state index < -0.39 is 81.0 Å². The Morgan fingerprint density at radius 2 is 1.80 bits per heavy atom. The molecule has 5 aromatic rings. The third-order valence-corrected chi connectivity index (χ3v) is 10.00. The van der Waals surface area contributed by atoms with Crippen LogP contribution in [0.1, 0.15) is 52.3 Å². The van der Waals surface area contributed by atoms with Crippen molar-refractivity contribution < 1.29 is 49.1 Å². The van der Waals surface area contributed by atoms with E-state index in [1.165, 1.54) is 10.7 Å². The SMILES string of the molecule is C=C1[C@@H]2c3c(C(F)(F)F)nn(CC(=O)NC(Cc4cc(F)cc(F)c4)c4nc(C#CCCO)ccc4-c4cccc5c(NS(C)(=O)=O)nn(C)c45)c3C(F)(F)[C@H]12. The fourth-order valence-corrected chi connectivity index (χ4v) is 7.81. The number of aliphatic hydroxyl groups is 1. The van der Waals surface area contributed by atoms with Gasteiger partial charge in [0, 0.05) is 47.5 Å². The van der Waals surface area contributed by atoms with Gasteiger partial charge in [0.2, 0.25) is 15.9 Å². The fourth-order valence-electron chi connectivity index (χ4n) is 7.31. The topological polar surface area (TPSA) is 144 Å². The maximum Gasteiger partial charge on any atom is 0.435 e. The predicted molar refractivity (Wildman–Crippen MR) is 188 cm³/mol. The number of aryl methyl sites for hydroxylation is 1. The lowest BCUT2D eigenvalue weighted by Crippen LogP contribution is -2.35. The molecule has 2 aliphatic rings. The summed E-state index contributed by atoms with van der Waals surface area (Å²) in [5.41, 5.74) is -2.18. The number of amides is 1. The van der Waals surface area contributed by atoms with Gasteiger partial charge in [-0.2, -0.15) is 32.1 Å². The van der Waals surface area contributed by atoms with Crippen LogP contribution in [0.2, 0.25) is 0 Å². The predicted octanol–water partition coefficient (Wildman–Crippen LogP) is 5.71. The highest BCUT2D eigenvalue weighted by molar-refractivity contribution is 7.92. The zero-order valence-corrected chi connectivity index (χ0v) is 30.2. The molecule has 0 aliphatic heterocycles. The quantitative estimate of drug-likeness (QED) is 0.0933. The van der Waals surface area contributed by atoms with Crippen molar-refractivity contribution in [3.63, 3.8) is 0 Å². The van der Waals surface area contributed by atoms with Crippen molar-refractivity contribution in [2.75, 3.05) is 17.6 Å². The number of carbonyl (C=O) groups excluding carboxylic acids is 1.